The molecular formula is C30H24N2O3. The molecule has 3 aromatic carbocycles. The molecule has 0 radical (unpaired) electrons. The van der Waals surface area contributed by atoms with Crippen LogP contribution < -0.4 is 9.47 Å². The van der Waals surface area contributed by atoms with Gasteiger partial charge in [-0.2, -0.15) is 0 Å². The van der Waals surface area contributed by atoms with Crippen molar-refractivity contribution in [1.82, 2.24) is 9.55 Å². The molecule has 0 aliphatic heterocycles. The van der Waals surface area contributed by atoms with E-state index in [0.717, 1.165) is 33.5 Å². The van der Waals surface area contributed by atoms with Gasteiger partial charge in [-0.25, -0.2) is 0 Å². The highest BCUT2D eigenvalue weighted by molar-refractivity contribution is 6.07. The van der Waals surface area contributed by atoms with Crippen molar-refractivity contribution in [3.63, 3.8) is 0 Å². The highest BCUT2D eigenvalue weighted by Gasteiger charge is 2.09. The Balaban J connectivity index is 1.34. The predicted octanol–water partition coefficient (Wildman–Crippen LogP) is 6.51. The summed E-state index contributed by atoms with van der Waals surface area (Å²) in [4.78, 5) is 17.3. The molecule has 0 amide bonds. The number of methoxy groups -OCH3 is 1. The van der Waals surface area contributed by atoms with Gasteiger partial charge in [0.15, 0.2) is 5.78 Å². The molecule has 2 heterocycles. The number of allylic oxidation sites excluding steroid dienone is 1. The van der Waals surface area contributed by atoms with Crippen LogP contribution in [0.25, 0.3) is 22.7 Å². The third-order valence-corrected chi connectivity index (χ3v) is 5.74. The van der Waals surface area contributed by atoms with Crippen LogP contribution in [0.15, 0.2) is 110 Å². The smallest absolute Gasteiger partial charge is 0.185 e. The van der Waals surface area contributed by atoms with Crippen molar-refractivity contribution in [2.75, 3.05) is 7.11 Å². The van der Waals surface area contributed by atoms with Crippen molar-refractivity contribution in [1.29, 1.82) is 0 Å². The lowest BCUT2D eigenvalue weighted by molar-refractivity contribution is 0.104. The standard InChI is InChI=1S/C30H24N2O3/c1-34-28-15-13-22(12-14-27(33)24-8-4-10-26(20-24)32-17-2-3-18-32)19-25(28)21-35-29-11-5-7-23-9-6-16-31-30(23)29/h2-20H,21H2,1H3/b14-12+. The number of para-hydroxylation sites is 1. The number of pyridine rings is 1. The minimum Gasteiger partial charge on any atom is -0.496 e. The summed E-state index contributed by atoms with van der Waals surface area (Å²) in [6, 6.07) is 27.0. The van der Waals surface area contributed by atoms with Crippen LogP contribution >= 0.6 is 0 Å². The predicted molar refractivity (Wildman–Crippen MR) is 138 cm³/mol. The van der Waals surface area contributed by atoms with Crippen molar-refractivity contribution in [2.24, 2.45) is 0 Å². The molecule has 0 atom stereocenters. The number of ether oxygens (including phenoxy) is 2. The number of fused-ring (bicyclic) bond motifs is 1. The summed E-state index contributed by atoms with van der Waals surface area (Å²) in [6.07, 6.45) is 9.07. The zero-order valence-corrected chi connectivity index (χ0v) is 19.3. The molecule has 0 fully saturated rings. The van der Waals surface area contributed by atoms with E-state index in [-0.39, 0.29) is 5.78 Å². The first kappa shape index (κ1) is 22.2. The Morgan fingerprint density at radius 1 is 0.914 bits per heavy atom. The van der Waals surface area contributed by atoms with Gasteiger partial charge in [-0.15, -0.1) is 0 Å². The zero-order valence-electron chi connectivity index (χ0n) is 19.3. The first-order valence-corrected chi connectivity index (χ1v) is 11.3. The number of aromatic nitrogens is 2. The fraction of sp³-hybridized carbons (Fsp3) is 0.0667. The van der Waals surface area contributed by atoms with Gasteiger partial charge < -0.3 is 14.0 Å². The maximum atomic E-state index is 12.8. The zero-order chi connectivity index (χ0) is 24.0. The molecule has 0 aliphatic carbocycles. The lowest BCUT2D eigenvalue weighted by Crippen LogP contribution is -2.00. The van der Waals surface area contributed by atoms with Crippen LogP contribution in [0.2, 0.25) is 0 Å². The number of benzene rings is 3. The second-order valence-electron chi connectivity index (χ2n) is 8.03. The number of nitrogens with zero attached hydrogens (tertiary/aromatic N) is 2. The average Bonchev–Trinajstić information content (AvgIpc) is 3.46. The van der Waals surface area contributed by atoms with Crippen molar-refractivity contribution in [2.45, 2.75) is 6.61 Å². The molecule has 0 bridgehead atoms. The van der Waals surface area contributed by atoms with Gasteiger partial charge in [0.25, 0.3) is 0 Å². The van der Waals surface area contributed by atoms with Gasteiger partial charge in [0.05, 0.1) is 7.11 Å². The van der Waals surface area contributed by atoms with E-state index in [2.05, 4.69) is 4.98 Å². The van der Waals surface area contributed by atoms with Crippen LogP contribution in [0.3, 0.4) is 0 Å². The molecule has 0 unspecified atom stereocenters. The number of hydrogen-bond donors (Lipinski definition) is 0. The van der Waals surface area contributed by atoms with Crippen molar-refractivity contribution < 1.29 is 14.3 Å². The van der Waals surface area contributed by atoms with E-state index < -0.39 is 0 Å². The third-order valence-electron chi connectivity index (χ3n) is 5.74. The van der Waals surface area contributed by atoms with Crippen LogP contribution in [0, 0.1) is 0 Å². The molecule has 5 nitrogen and oxygen atoms in total. The number of carbonyl (C=O) groups is 1. The van der Waals surface area contributed by atoms with E-state index in [1.54, 1.807) is 19.4 Å². The lowest BCUT2D eigenvalue weighted by Gasteiger charge is -2.12. The van der Waals surface area contributed by atoms with E-state index >= 15 is 0 Å². The van der Waals surface area contributed by atoms with E-state index in [4.69, 9.17) is 9.47 Å². The summed E-state index contributed by atoms with van der Waals surface area (Å²) >= 11 is 0. The fourth-order valence-electron chi connectivity index (χ4n) is 3.96. The second kappa shape index (κ2) is 10.1. The van der Waals surface area contributed by atoms with Crippen molar-refractivity contribution in [3.05, 3.63) is 126 Å². The van der Waals surface area contributed by atoms with Crippen LogP contribution in [0.1, 0.15) is 21.5 Å². The van der Waals surface area contributed by atoms with Gasteiger partial charge in [-0.3, -0.25) is 9.78 Å². The quantitative estimate of drug-likeness (QED) is 0.196. The van der Waals surface area contributed by atoms with E-state index in [9.17, 15) is 4.79 Å². The Bertz CT molecular complexity index is 1500. The first-order chi connectivity index (χ1) is 17.2. The Kier molecular flexibility index (Phi) is 6.39. The SMILES string of the molecule is COc1ccc(/C=C/C(=O)c2cccc(-n3cccc3)c2)cc1COc1cccc2cccnc12. The molecule has 2 aromatic heterocycles. The van der Waals surface area contributed by atoms with Gasteiger partial charge in [0.1, 0.15) is 23.6 Å². The molecule has 172 valence electrons. The Hall–Kier alpha value is -4.64. The van der Waals surface area contributed by atoms with Gasteiger partial charge in [-0.05, 0) is 60.2 Å². The monoisotopic (exact) mass is 460 g/mol. The molecule has 35 heavy (non-hydrogen) atoms. The third kappa shape index (κ3) is 4.99. The summed E-state index contributed by atoms with van der Waals surface area (Å²) in [5.74, 6) is 1.37. The van der Waals surface area contributed by atoms with E-state index in [0.29, 0.717) is 17.9 Å². The Morgan fingerprint density at radius 2 is 1.74 bits per heavy atom. The number of hydrogen-bond acceptors (Lipinski definition) is 4. The van der Waals surface area contributed by atoms with E-state index in [1.165, 1.54) is 0 Å². The summed E-state index contributed by atoms with van der Waals surface area (Å²) in [5, 5.41) is 1.02. The number of rotatable bonds is 8. The lowest BCUT2D eigenvalue weighted by atomic mass is 10.1. The summed E-state index contributed by atoms with van der Waals surface area (Å²) in [5.41, 5.74) is 4.16. The Morgan fingerprint density at radius 3 is 2.60 bits per heavy atom. The molecule has 0 saturated carbocycles. The summed E-state index contributed by atoms with van der Waals surface area (Å²) in [7, 11) is 1.63. The minimum absolute atomic E-state index is 0.0607. The van der Waals surface area contributed by atoms with Gasteiger partial charge in [0.2, 0.25) is 0 Å². The van der Waals surface area contributed by atoms with Crippen molar-refractivity contribution in [3.8, 4) is 17.2 Å². The molecule has 0 saturated heterocycles. The normalized spacial score (nSPS) is 11.1. The van der Waals surface area contributed by atoms with Crippen molar-refractivity contribution >= 4 is 22.8 Å². The molecule has 0 aliphatic rings. The second-order valence-corrected chi connectivity index (χ2v) is 8.03. The van der Waals surface area contributed by atoms with Gasteiger partial charge in [-0.1, -0.05) is 42.5 Å². The van der Waals surface area contributed by atoms with Crippen LogP contribution in [0.5, 0.6) is 11.5 Å². The molecule has 0 spiro atoms. The highest BCUT2D eigenvalue weighted by atomic mass is 16.5. The fourth-order valence-corrected chi connectivity index (χ4v) is 3.96. The molecule has 5 heteroatoms. The molecule has 5 aromatic rings. The van der Waals surface area contributed by atoms with Crippen LogP contribution in [-0.4, -0.2) is 22.4 Å². The minimum atomic E-state index is -0.0607. The number of carbonyl (C=O) groups excluding carboxylic acids is 1. The Labute approximate surface area is 203 Å². The maximum absolute atomic E-state index is 12.8. The average molecular weight is 461 g/mol. The first-order valence-electron chi connectivity index (χ1n) is 11.3. The molecule has 0 N–H and O–H groups in total. The van der Waals surface area contributed by atoms with Crippen LogP contribution in [0.4, 0.5) is 0 Å². The van der Waals surface area contributed by atoms with Gasteiger partial charge in [0, 0.05) is 40.8 Å². The largest absolute Gasteiger partial charge is 0.496 e. The molecule has 5 rings (SSSR count). The maximum Gasteiger partial charge on any atom is 0.185 e. The summed E-state index contributed by atoms with van der Waals surface area (Å²) < 4.78 is 13.6. The summed E-state index contributed by atoms with van der Waals surface area (Å²) in [6.45, 7) is 0.313. The number of ketones is 1. The van der Waals surface area contributed by atoms with Crippen LogP contribution in [-0.2, 0) is 6.61 Å². The van der Waals surface area contributed by atoms with E-state index in [1.807, 2.05) is 108 Å². The molecular weight excluding hydrogens is 436 g/mol. The topological polar surface area (TPSA) is 53.4 Å². The van der Waals surface area contributed by atoms with Gasteiger partial charge >= 0.3 is 0 Å². The highest BCUT2D eigenvalue weighted by Crippen LogP contribution is 2.27.